The predicted octanol–water partition coefficient (Wildman–Crippen LogP) is 2.69. The minimum absolute atomic E-state index is 0.155. The van der Waals surface area contributed by atoms with Crippen LogP contribution < -0.4 is 5.32 Å². The third-order valence-electron chi connectivity index (χ3n) is 2.52. The molecular formula is C12H14BrClN4O. The summed E-state index contributed by atoms with van der Waals surface area (Å²) in [5.41, 5.74) is 1.69. The Morgan fingerprint density at radius 2 is 2.26 bits per heavy atom. The van der Waals surface area contributed by atoms with Gasteiger partial charge >= 0.3 is 0 Å². The van der Waals surface area contributed by atoms with E-state index in [0.29, 0.717) is 24.5 Å². The summed E-state index contributed by atoms with van der Waals surface area (Å²) in [5.74, 6) is 0. The van der Waals surface area contributed by atoms with Crippen molar-refractivity contribution in [2.45, 2.75) is 19.5 Å². The highest BCUT2D eigenvalue weighted by molar-refractivity contribution is 9.10. The van der Waals surface area contributed by atoms with Crippen molar-refractivity contribution >= 4 is 33.2 Å². The molecule has 0 atom stereocenters. The van der Waals surface area contributed by atoms with Gasteiger partial charge < -0.3 is 10.4 Å². The molecule has 0 fully saturated rings. The highest BCUT2D eigenvalue weighted by Crippen LogP contribution is 2.25. The smallest absolute Gasteiger partial charge is 0.102 e. The number of aliphatic hydroxyl groups excluding tert-OH is 1. The fraction of sp³-hybridized carbons (Fsp3) is 0.333. The number of aryl methyl sites for hydroxylation is 1. The van der Waals surface area contributed by atoms with E-state index < -0.39 is 0 Å². The van der Waals surface area contributed by atoms with Crippen molar-refractivity contribution in [2.75, 3.05) is 11.9 Å². The van der Waals surface area contributed by atoms with E-state index in [1.54, 1.807) is 4.68 Å². The zero-order valence-corrected chi connectivity index (χ0v) is 12.5. The summed E-state index contributed by atoms with van der Waals surface area (Å²) in [6.45, 7) is 1.38. The third-order valence-corrected chi connectivity index (χ3v) is 3.33. The van der Waals surface area contributed by atoms with Crippen molar-refractivity contribution in [1.29, 1.82) is 0 Å². The van der Waals surface area contributed by atoms with Gasteiger partial charge in [0.2, 0.25) is 0 Å². The van der Waals surface area contributed by atoms with Gasteiger partial charge in [0.05, 0.1) is 23.5 Å². The standard InChI is InChI=1S/C12H14BrClN4O/c13-9-2-3-12(11(14)6-9)15-7-10-8-18(17-16-10)4-1-5-19/h2-3,6,8,15,19H,1,4-5,7H2. The number of nitrogens with one attached hydrogen (secondary N) is 1. The van der Waals surface area contributed by atoms with Gasteiger partial charge in [-0.15, -0.1) is 5.10 Å². The maximum Gasteiger partial charge on any atom is 0.102 e. The highest BCUT2D eigenvalue weighted by Gasteiger charge is 2.03. The lowest BCUT2D eigenvalue weighted by molar-refractivity contribution is 0.276. The predicted molar refractivity (Wildman–Crippen MR) is 78.2 cm³/mol. The molecule has 0 saturated heterocycles. The summed E-state index contributed by atoms with van der Waals surface area (Å²) in [6.07, 6.45) is 2.53. The molecule has 1 aromatic carbocycles. The Morgan fingerprint density at radius 1 is 1.42 bits per heavy atom. The van der Waals surface area contributed by atoms with E-state index in [2.05, 4.69) is 31.6 Å². The fourth-order valence-electron chi connectivity index (χ4n) is 1.58. The molecule has 7 heteroatoms. The van der Waals surface area contributed by atoms with Gasteiger partial charge in [-0.25, -0.2) is 0 Å². The SMILES string of the molecule is OCCCn1cc(CNc2ccc(Br)cc2Cl)nn1. The molecule has 0 unspecified atom stereocenters. The number of aromatic nitrogens is 3. The lowest BCUT2D eigenvalue weighted by Gasteiger charge is -2.06. The Bertz CT molecular complexity index is 546. The Morgan fingerprint density at radius 3 is 3.00 bits per heavy atom. The largest absolute Gasteiger partial charge is 0.396 e. The van der Waals surface area contributed by atoms with Gasteiger partial charge in [-0.2, -0.15) is 0 Å². The van der Waals surface area contributed by atoms with Crippen LogP contribution in [-0.4, -0.2) is 26.7 Å². The van der Waals surface area contributed by atoms with Gasteiger partial charge in [-0.3, -0.25) is 4.68 Å². The van der Waals surface area contributed by atoms with E-state index >= 15 is 0 Å². The van der Waals surface area contributed by atoms with Crippen LogP contribution in [0.15, 0.2) is 28.9 Å². The van der Waals surface area contributed by atoms with Crippen LogP contribution in [0.4, 0.5) is 5.69 Å². The third kappa shape index (κ3) is 4.19. The Kier molecular flexibility index (Phi) is 5.18. The van der Waals surface area contributed by atoms with Crippen LogP contribution in [0.1, 0.15) is 12.1 Å². The van der Waals surface area contributed by atoms with E-state index in [-0.39, 0.29) is 6.61 Å². The lowest BCUT2D eigenvalue weighted by atomic mass is 10.3. The average Bonchev–Trinajstić information content (AvgIpc) is 2.83. The summed E-state index contributed by atoms with van der Waals surface area (Å²) < 4.78 is 2.66. The first kappa shape index (κ1) is 14.3. The van der Waals surface area contributed by atoms with Gasteiger partial charge in [0.1, 0.15) is 5.69 Å². The Hall–Kier alpha value is -1.11. The van der Waals surface area contributed by atoms with Crippen LogP contribution in [0.25, 0.3) is 0 Å². The fourth-order valence-corrected chi connectivity index (χ4v) is 2.32. The van der Waals surface area contributed by atoms with E-state index in [1.165, 1.54) is 0 Å². The second-order valence-corrected chi connectivity index (χ2v) is 5.35. The summed E-state index contributed by atoms with van der Waals surface area (Å²) in [7, 11) is 0. The normalized spacial score (nSPS) is 10.7. The average molecular weight is 346 g/mol. The van der Waals surface area contributed by atoms with E-state index in [0.717, 1.165) is 15.9 Å². The molecule has 0 saturated carbocycles. The Labute approximate surface area is 124 Å². The molecule has 5 nitrogen and oxygen atoms in total. The van der Waals surface area contributed by atoms with Gasteiger partial charge in [-0.1, -0.05) is 32.7 Å². The number of benzene rings is 1. The maximum atomic E-state index is 8.75. The van der Waals surface area contributed by atoms with Gasteiger partial charge in [0, 0.05) is 17.6 Å². The number of halogens is 2. The zero-order valence-electron chi connectivity index (χ0n) is 10.2. The maximum absolute atomic E-state index is 8.75. The summed E-state index contributed by atoms with van der Waals surface area (Å²) >= 11 is 9.47. The number of rotatable bonds is 6. The van der Waals surface area contributed by atoms with Crippen LogP contribution >= 0.6 is 27.5 Å². The number of hydrogen-bond donors (Lipinski definition) is 2. The molecule has 0 radical (unpaired) electrons. The van der Waals surface area contributed by atoms with Crippen LogP contribution in [0, 0.1) is 0 Å². The molecule has 1 aromatic heterocycles. The van der Waals surface area contributed by atoms with Crippen molar-refractivity contribution in [3.63, 3.8) is 0 Å². The van der Waals surface area contributed by atoms with Crippen LogP contribution in [0.3, 0.4) is 0 Å². The minimum Gasteiger partial charge on any atom is -0.396 e. The summed E-state index contributed by atoms with van der Waals surface area (Å²) in [5, 5.41) is 20.6. The molecule has 0 aliphatic carbocycles. The van der Waals surface area contributed by atoms with Crippen molar-refractivity contribution < 1.29 is 5.11 Å². The number of nitrogens with zero attached hydrogens (tertiary/aromatic N) is 3. The molecule has 102 valence electrons. The number of anilines is 1. The first-order valence-electron chi connectivity index (χ1n) is 5.88. The molecular weight excluding hydrogens is 332 g/mol. The molecule has 0 aliphatic rings. The second-order valence-electron chi connectivity index (χ2n) is 4.03. The number of hydrogen-bond acceptors (Lipinski definition) is 4. The van der Waals surface area contributed by atoms with Crippen molar-refractivity contribution in [2.24, 2.45) is 0 Å². The molecule has 2 rings (SSSR count). The number of aliphatic hydroxyl groups is 1. The molecule has 19 heavy (non-hydrogen) atoms. The molecule has 2 N–H and O–H groups in total. The van der Waals surface area contributed by atoms with E-state index in [1.807, 2.05) is 24.4 Å². The minimum atomic E-state index is 0.155. The molecule has 0 bridgehead atoms. The summed E-state index contributed by atoms with van der Waals surface area (Å²) in [4.78, 5) is 0. The highest BCUT2D eigenvalue weighted by atomic mass is 79.9. The topological polar surface area (TPSA) is 63.0 Å². The molecule has 0 aliphatic heterocycles. The first-order chi connectivity index (χ1) is 9.19. The van der Waals surface area contributed by atoms with Gasteiger partial charge in [0.25, 0.3) is 0 Å². The van der Waals surface area contributed by atoms with Crippen molar-refractivity contribution in [3.05, 3.63) is 39.6 Å². The van der Waals surface area contributed by atoms with E-state index in [9.17, 15) is 0 Å². The van der Waals surface area contributed by atoms with Crippen molar-refractivity contribution in [3.8, 4) is 0 Å². The van der Waals surface area contributed by atoms with Crippen LogP contribution in [-0.2, 0) is 13.1 Å². The van der Waals surface area contributed by atoms with Crippen molar-refractivity contribution in [1.82, 2.24) is 15.0 Å². The van der Waals surface area contributed by atoms with Crippen LogP contribution in [0.5, 0.6) is 0 Å². The monoisotopic (exact) mass is 344 g/mol. The lowest BCUT2D eigenvalue weighted by Crippen LogP contribution is -2.01. The van der Waals surface area contributed by atoms with Gasteiger partial charge in [0.15, 0.2) is 0 Å². The molecule has 0 spiro atoms. The molecule has 0 amide bonds. The van der Waals surface area contributed by atoms with E-state index in [4.69, 9.17) is 16.7 Å². The molecule has 1 heterocycles. The zero-order chi connectivity index (χ0) is 13.7. The quantitative estimate of drug-likeness (QED) is 0.845. The first-order valence-corrected chi connectivity index (χ1v) is 7.05. The Balaban J connectivity index is 1.92. The van der Waals surface area contributed by atoms with Crippen LogP contribution in [0.2, 0.25) is 5.02 Å². The van der Waals surface area contributed by atoms with Gasteiger partial charge in [-0.05, 0) is 24.6 Å². The second kappa shape index (κ2) is 6.88. The molecule has 2 aromatic rings. The summed E-state index contributed by atoms with van der Waals surface area (Å²) in [6, 6.07) is 5.66.